The quantitative estimate of drug-likeness (QED) is 0.575. The van der Waals surface area contributed by atoms with Crippen LogP contribution in [0.1, 0.15) is 32.7 Å². The van der Waals surface area contributed by atoms with Crippen molar-refractivity contribution in [3.05, 3.63) is 67.8 Å². The number of ether oxygens (including phenoxy) is 2. The maximum Gasteiger partial charge on any atom is 0.123 e. The predicted octanol–water partition coefficient (Wildman–Crippen LogP) is 4.74. The molecule has 1 atom stereocenters. The molecular weight excluding hydrogens is 364 g/mol. The fourth-order valence-electron chi connectivity index (χ4n) is 2.87. The fourth-order valence-corrected chi connectivity index (χ4v) is 4.49. The monoisotopic (exact) mass is 388 g/mol. The highest BCUT2D eigenvalue weighted by Gasteiger charge is 2.17. The van der Waals surface area contributed by atoms with E-state index < -0.39 is 0 Å². The molecule has 0 bridgehead atoms. The van der Waals surface area contributed by atoms with Crippen molar-refractivity contribution in [2.45, 2.75) is 32.5 Å². The van der Waals surface area contributed by atoms with Crippen LogP contribution in [-0.4, -0.2) is 19.2 Å². The van der Waals surface area contributed by atoms with E-state index in [0.29, 0.717) is 6.61 Å². The Morgan fingerprint density at radius 2 is 2.08 bits per heavy atom. The molecule has 3 rings (SSSR count). The van der Waals surface area contributed by atoms with Gasteiger partial charge in [-0.05, 0) is 36.1 Å². The van der Waals surface area contributed by atoms with E-state index in [0.717, 1.165) is 40.5 Å². The summed E-state index contributed by atoms with van der Waals surface area (Å²) >= 11 is 3.50. The molecule has 138 valence electrons. The number of thiophene rings is 1. The number of thiazole rings is 1. The second-order valence-electron chi connectivity index (χ2n) is 6.12. The molecule has 2 aromatic heterocycles. The lowest BCUT2D eigenvalue weighted by molar-refractivity contribution is 0.184. The molecule has 0 aliphatic rings. The van der Waals surface area contributed by atoms with E-state index in [4.69, 9.17) is 14.5 Å². The minimum Gasteiger partial charge on any atom is -0.496 e. The van der Waals surface area contributed by atoms with Crippen molar-refractivity contribution in [1.29, 1.82) is 0 Å². The maximum absolute atomic E-state index is 5.53. The lowest BCUT2D eigenvalue weighted by Crippen LogP contribution is -2.23. The van der Waals surface area contributed by atoms with Gasteiger partial charge in [-0.3, -0.25) is 0 Å². The highest BCUT2D eigenvalue weighted by atomic mass is 32.1. The van der Waals surface area contributed by atoms with Gasteiger partial charge in [0.15, 0.2) is 0 Å². The molecule has 1 aromatic carbocycles. The van der Waals surface area contributed by atoms with Gasteiger partial charge in [-0.2, -0.15) is 0 Å². The molecule has 0 saturated heterocycles. The summed E-state index contributed by atoms with van der Waals surface area (Å²) in [6, 6.07) is 10.7. The van der Waals surface area contributed by atoms with Gasteiger partial charge in [-0.1, -0.05) is 12.1 Å². The Hall–Kier alpha value is -1.73. The molecule has 0 spiro atoms. The Balaban J connectivity index is 1.77. The molecule has 0 unspecified atom stereocenters. The number of methoxy groups -OCH3 is 2. The summed E-state index contributed by atoms with van der Waals surface area (Å²) in [7, 11) is 3.42. The van der Waals surface area contributed by atoms with Gasteiger partial charge in [0.2, 0.25) is 0 Å². The Bertz CT molecular complexity index is 815. The lowest BCUT2D eigenvalue weighted by Gasteiger charge is -2.18. The summed E-state index contributed by atoms with van der Waals surface area (Å²) in [5.74, 6) is 0.891. The van der Waals surface area contributed by atoms with Crippen LogP contribution in [0.3, 0.4) is 0 Å². The maximum atomic E-state index is 5.53. The zero-order valence-electron chi connectivity index (χ0n) is 15.3. The molecule has 0 aliphatic heterocycles. The van der Waals surface area contributed by atoms with Crippen LogP contribution in [-0.2, 0) is 24.3 Å². The summed E-state index contributed by atoms with van der Waals surface area (Å²) < 4.78 is 10.8. The number of hydrogen-bond donors (Lipinski definition) is 1. The van der Waals surface area contributed by atoms with Crippen molar-refractivity contribution in [1.82, 2.24) is 10.3 Å². The predicted molar refractivity (Wildman–Crippen MR) is 108 cm³/mol. The average molecular weight is 389 g/mol. The van der Waals surface area contributed by atoms with E-state index in [1.54, 1.807) is 36.9 Å². The first-order chi connectivity index (χ1) is 12.7. The highest BCUT2D eigenvalue weighted by molar-refractivity contribution is 7.10. The van der Waals surface area contributed by atoms with Crippen LogP contribution in [0.2, 0.25) is 0 Å². The molecule has 4 nitrogen and oxygen atoms in total. The molecule has 6 heteroatoms. The van der Waals surface area contributed by atoms with E-state index in [9.17, 15) is 0 Å². The summed E-state index contributed by atoms with van der Waals surface area (Å²) in [5, 5.41) is 9.04. The first kappa shape index (κ1) is 19.0. The molecule has 0 aliphatic carbocycles. The number of aryl methyl sites for hydroxylation is 1. The second kappa shape index (κ2) is 9.28. The number of rotatable bonds is 9. The third-order valence-electron chi connectivity index (χ3n) is 4.12. The standard InChI is InChI=1S/C20H24N2O2S2/c1-14-13-26-20(22-14)18(10-17-5-4-8-25-17)21-11-16-9-15(12-23-2)6-7-19(16)24-3/h4-9,13,18,21H,10-12H2,1-3H3/t18-/m0/s1. The Labute approximate surface area is 162 Å². The van der Waals surface area contributed by atoms with Crippen LogP contribution in [0.4, 0.5) is 0 Å². The number of aromatic nitrogens is 1. The third-order valence-corrected chi connectivity index (χ3v) is 6.09. The first-order valence-corrected chi connectivity index (χ1v) is 10.3. The minimum atomic E-state index is 0.183. The summed E-state index contributed by atoms with van der Waals surface area (Å²) in [4.78, 5) is 6.06. The SMILES string of the molecule is COCc1ccc(OC)c(CN[C@@H](Cc2cccs2)c2nc(C)cs2)c1. The van der Waals surface area contributed by atoms with Crippen molar-refractivity contribution in [3.63, 3.8) is 0 Å². The van der Waals surface area contributed by atoms with E-state index >= 15 is 0 Å². The summed E-state index contributed by atoms with van der Waals surface area (Å²) in [6.07, 6.45) is 0.935. The minimum absolute atomic E-state index is 0.183. The number of hydrogen-bond acceptors (Lipinski definition) is 6. The van der Waals surface area contributed by atoms with Crippen LogP contribution in [0.25, 0.3) is 0 Å². The molecule has 0 radical (unpaired) electrons. The van der Waals surface area contributed by atoms with Gasteiger partial charge in [0.05, 0.1) is 19.8 Å². The number of benzene rings is 1. The third kappa shape index (κ3) is 4.92. The number of nitrogens with zero attached hydrogens (tertiary/aromatic N) is 1. The van der Waals surface area contributed by atoms with Crippen molar-refractivity contribution in [3.8, 4) is 5.75 Å². The molecule has 0 amide bonds. The zero-order chi connectivity index (χ0) is 18.4. The topological polar surface area (TPSA) is 43.4 Å². The highest BCUT2D eigenvalue weighted by Crippen LogP contribution is 2.26. The van der Waals surface area contributed by atoms with E-state index in [2.05, 4.69) is 34.3 Å². The van der Waals surface area contributed by atoms with E-state index in [-0.39, 0.29) is 6.04 Å². The van der Waals surface area contributed by atoms with Gasteiger partial charge >= 0.3 is 0 Å². The molecule has 0 saturated carbocycles. The normalized spacial score (nSPS) is 12.3. The van der Waals surface area contributed by atoms with E-state index in [1.165, 1.54) is 4.88 Å². The molecule has 0 fully saturated rings. The van der Waals surface area contributed by atoms with Crippen molar-refractivity contribution in [2.24, 2.45) is 0 Å². The van der Waals surface area contributed by atoms with Crippen molar-refractivity contribution in [2.75, 3.05) is 14.2 Å². The van der Waals surface area contributed by atoms with Gasteiger partial charge in [-0.15, -0.1) is 22.7 Å². The van der Waals surface area contributed by atoms with Crippen LogP contribution in [0.15, 0.2) is 41.1 Å². The van der Waals surface area contributed by atoms with Crippen molar-refractivity contribution < 1.29 is 9.47 Å². The largest absolute Gasteiger partial charge is 0.496 e. The van der Waals surface area contributed by atoms with Crippen LogP contribution in [0, 0.1) is 6.92 Å². The smallest absolute Gasteiger partial charge is 0.123 e. The molecule has 2 heterocycles. The van der Waals surface area contributed by atoms with Gasteiger partial charge in [0, 0.05) is 41.6 Å². The fraction of sp³-hybridized carbons (Fsp3) is 0.350. The molecule has 3 aromatic rings. The second-order valence-corrected chi connectivity index (χ2v) is 8.05. The average Bonchev–Trinajstić information content (AvgIpc) is 3.30. The Morgan fingerprint density at radius 3 is 2.73 bits per heavy atom. The van der Waals surface area contributed by atoms with Gasteiger partial charge in [0.1, 0.15) is 10.8 Å². The summed E-state index contributed by atoms with van der Waals surface area (Å²) in [5.41, 5.74) is 3.35. The Kier molecular flexibility index (Phi) is 6.80. The van der Waals surface area contributed by atoms with Gasteiger partial charge in [-0.25, -0.2) is 4.98 Å². The Morgan fingerprint density at radius 1 is 1.19 bits per heavy atom. The lowest BCUT2D eigenvalue weighted by atomic mass is 10.1. The number of nitrogens with one attached hydrogen (secondary N) is 1. The van der Waals surface area contributed by atoms with Crippen LogP contribution >= 0.6 is 22.7 Å². The van der Waals surface area contributed by atoms with Crippen LogP contribution in [0.5, 0.6) is 5.75 Å². The molecule has 26 heavy (non-hydrogen) atoms. The van der Waals surface area contributed by atoms with Gasteiger partial charge < -0.3 is 14.8 Å². The zero-order valence-corrected chi connectivity index (χ0v) is 17.0. The van der Waals surface area contributed by atoms with Crippen molar-refractivity contribution >= 4 is 22.7 Å². The van der Waals surface area contributed by atoms with Gasteiger partial charge in [0.25, 0.3) is 0 Å². The van der Waals surface area contributed by atoms with E-state index in [1.807, 2.05) is 19.1 Å². The summed E-state index contributed by atoms with van der Waals surface area (Å²) in [6.45, 7) is 3.36. The first-order valence-electron chi connectivity index (χ1n) is 8.52. The van der Waals surface area contributed by atoms with Crippen LogP contribution < -0.4 is 10.1 Å². The molecule has 1 N–H and O–H groups in total. The molecular formula is C20H24N2O2S2.